The van der Waals surface area contributed by atoms with Crippen molar-refractivity contribution >= 4 is 57.7 Å². The van der Waals surface area contributed by atoms with Crippen LogP contribution >= 0.6 is 45.8 Å². The first-order chi connectivity index (χ1) is 13.6. The van der Waals surface area contributed by atoms with Gasteiger partial charge in [-0.1, -0.05) is 65.1 Å². The molecule has 1 aliphatic rings. The molecule has 28 heavy (non-hydrogen) atoms. The molecule has 0 bridgehead atoms. The van der Waals surface area contributed by atoms with E-state index in [1.165, 1.54) is 30.1 Å². The molecule has 6 heteroatoms. The van der Waals surface area contributed by atoms with Gasteiger partial charge in [0, 0.05) is 16.1 Å². The smallest absolute Gasteiger partial charge is 0.231 e. The second-order valence-corrected chi connectivity index (χ2v) is 8.56. The highest BCUT2D eigenvalue weighted by atomic mass is 127. The van der Waals surface area contributed by atoms with Crippen molar-refractivity contribution in [3.05, 3.63) is 63.3 Å². The number of rotatable bonds is 9. The van der Waals surface area contributed by atoms with Crippen LogP contribution in [-0.2, 0) is 0 Å². The molecule has 0 atom stereocenters. The Morgan fingerprint density at radius 2 is 1.68 bits per heavy atom. The van der Waals surface area contributed by atoms with Crippen molar-refractivity contribution in [3.63, 3.8) is 0 Å². The van der Waals surface area contributed by atoms with Crippen molar-refractivity contribution in [2.45, 2.75) is 32.1 Å². The topological polar surface area (TPSA) is 35.5 Å². The highest BCUT2D eigenvalue weighted by molar-refractivity contribution is 14.1. The lowest BCUT2D eigenvalue weighted by Crippen LogP contribution is -1.98. The van der Waals surface area contributed by atoms with Crippen LogP contribution < -0.4 is 9.47 Å². The van der Waals surface area contributed by atoms with Gasteiger partial charge in [-0.2, -0.15) is 0 Å². The summed E-state index contributed by atoms with van der Waals surface area (Å²) in [5.41, 5.74) is 1.25. The van der Waals surface area contributed by atoms with Gasteiger partial charge < -0.3 is 9.47 Å². The predicted molar refractivity (Wildman–Crippen MR) is 123 cm³/mol. The third-order valence-corrected chi connectivity index (χ3v) is 5.57. The number of hydrogen-bond acceptors (Lipinski definition) is 3. The number of ketones is 1. The average Bonchev–Trinajstić information content (AvgIpc) is 2.95. The largest absolute Gasteiger partial charge is 0.493 e. The van der Waals surface area contributed by atoms with E-state index in [1.807, 2.05) is 6.07 Å². The quantitative estimate of drug-likeness (QED) is 0.147. The lowest BCUT2D eigenvalue weighted by atomic mass is 10.1. The van der Waals surface area contributed by atoms with Gasteiger partial charge in [0.15, 0.2) is 5.76 Å². The Morgan fingerprint density at radius 3 is 2.43 bits per heavy atom. The fourth-order valence-electron chi connectivity index (χ4n) is 2.98. The summed E-state index contributed by atoms with van der Waals surface area (Å²) in [7, 11) is 0. The fourth-order valence-corrected chi connectivity index (χ4v) is 4.07. The van der Waals surface area contributed by atoms with E-state index in [4.69, 9.17) is 32.7 Å². The molecule has 3 rings (SSSR count). The van der Waals surface area contributed by atoms with Crippen LogP contribution in [-0.4, -0.2) is 16.8 Å². The first kappa shape index (κ1) is 21.5. The summed E-state index contributed by atoms with van der Waals surface area (Å²) in [6.45, 7) is 0.667. The van der Waals surface area contributed by atoms with Crippen LogP contribution in [0.25, 0.3) is 6.08 Å². The molecule has 2 aromatic carbocycles. The van der Waals surface area contributed by atoms with Crippen molar-refractivity contribution in [3.8, 4) is 11.5 Å². The number of allylic oxidation sites excluding steroid dienone is 1. The summed E-state index contributed by atoms with van der Waals surface area (Å²) < 4.78 is 12.8. The highest BCUT2D eigenvalue weighted by Gasteiger charge is 2.27. The second-order valence-electron chi connectivity index (χ2n) is 6.61. The number of hydrogen-bond donors (Lipinski definition) is 0. The molecular weight excluding hydrogens is 510 g/mol. The normalized spacial score (nSPS) is 14.2. The number of carbonyl (C=O) groups excluding carboxylic acids is 1. The number of unbranched alkanes of at least 4 members (excludes halogenated alkanes) is 4. The van der Waals surface area contributed by atoms with Crippen molar-refractivity contribution in [2.75, 3.05) is 11.0 Å². The lowest BCUT2D eigenvalue weighted by Gasteiger charge is -2.07. The van der Waals surface area contributed by atoms with E-state index in [0.717, 1.165) is 6.42 Å². The van der Waals surface area contributed by atoms with Gasteiger partial charge in [0.2, 0.25) is 5.78 Å². The predicted octanol–water partition coefficient (Wildman–Crippen LogP) is 7.37. The molecule has 0 N–H and O–H groups in total. The molecule has 0 saturated heterocycles. The van der Waals surface area contributed by atoms with Gasteiger partial charge in [-0.05, 0) is 59.2 Å². The van der Waals surface area contributed by atoms with Crippen LogP contribution in [0.15, 0.2) is 42.2 Å². The summed E-state index contributed by atoms with van der Waals surface area (Å²) in [5.74, 6) is 1.32. The minimum atomic E-state index is -0.159. The molecule has 0 unspecified atom stereocenters. The van der Waals surface area contributed by atoms with Crippen LogP contribution in [0.3, 0.4) is 0 Å². The zero-order chi connectivity index (χ0) is 19.9. The monoisotopic (exact) mass is 530 g/mol. The van der Waals surface area contributed by atoms with E-state index < -0.39 is 0 Å². The summed E-state index contributed by atoms with van der Waals surface area (Å²) in [4.78, 5) is 12.6. The second kappa shape index (κ2) is 10.5. The molecule has 1 aliphatic heterocycles. The maximum absolute atomic E-state index is 12.6. The Labute approximate surface area is 189 Å². The van der Waals surface area contributed by atoms with Gasteiger partial charge >= 0.3 is 0 Å². The minimum absolute atomic E-state index is 0.159. The van der Waals surface area contributed by atoms with Crippen molar-refractivity contribution < 1.29 is 14.3 Å². The van der Waals surface area contributed by atoms with Crippen LogP contribution in [0.4, 0.5) is 0 Å². The first-order valence-corrected chi connectivity index (χ1v) is 11.6. The van der Waals surface area contributed by atoms with Gasteiger partial charge in [0.1, 0.15) is 11.5 Å². The van der Waals surface area contributed by atoms with Crippen molar-refractivity contribution in [1.82, 2.24) is 0 Å². The summed E-state index contributed by atoms with van der Waals surface area (Å²) in [6, 6.07) is 10.4. The number of fused-ring (bicyclic) bond motifs is 1. The molecule has 3 nitrogen and oxygen atoms in total. The van der Waals surface area contributed by atoms with Crippen molar-refractivity contribution in [2.24, 2.45) is 0 Å². The maximum Gasteiger partial charge on any atom is 0.231 e. The molecule has 0 fully saturated rings. The molecule has 148 valence electrons. The first-order valence-electron chi connectivity index (χ1n) is 9.30. The molecule has 0 amide bonds. The van der Waals surface area contributed by atoms with Crippen molar-refractivity contribution in [1.29, 1.82) is 0 Å². The number of Topliss-reactive ketones (excluding diaryl/α,β-unsaturated/α-hetero) is 1. The summed E-state index contributed by atoms with van der Waals surface area (Å²) >= 11 is 14.5. The molecule has 0 saturated carbocycles. The maximum atomic E-state index is 12.6. The molecule has 0 radical (unpaired) electrons. The van der Waals surface area contributed by atoms with E-state index in [-0.39, 0.29) is 11.5 Å². The van der Waals surface area contributed by atoms with E-state index in [1.54, 1.807) is 36.4 Å². The summed E-state index contributed by atoms with van der Waals surface area (Å²) in [6.07, 6.45) is 7.66. The Kier molecular flexibility index (Phi) is 8.06. The van der Waals surface area contributed by atoms with Gasteiger partial charge in [-0.15, -0.1) is 0 Å². The highest BCUT2D eigenvalue weighted by Crippen LogP contribution is 2.35. The molecule has 0 aliphatic carbocycles. The molecule has 1 heterocycles. The lowest BCUT2D eigenvalue weighted by molar-refractivity contribution is 0.101. The van der Waals surface area contributed by atoms with Crippen LogP contribution in [0, 0.1) is 0 Å². The Hall–Kier alpha value is -1.24. The number of ether oxygens (including phenoxy) is 2. The number of halogens is 3. The zero-order valence-electron chi connectivity index (χ0n) is 15.3. The Bertz CT molecular complexity index is 860. The van der Waals surface area contributed by atoms with E-state index in [2.05, 4.69) is 22.6 Å². The van der Waals surface area contributed by atoms with Crippen LogP contribution in [0.1, 0.15) is 48.0 Å². The van der Waals surface area contributed by atoms with E-state index >= 15 is 0 Å². The third-order valence-electron chi connectivity index (χ3n) is 4.37. The number of carbonyl (C=O) groups is 1. The molecule has 0 aromatic heterocycles. The fraction of sp³-hybridized carbons (Fsp3) is 0.318. The number of alkyl halides is 1. The van der Waals surface area contributed by atoms with Gasteiger partial charge in [-0.25, -0.2) is 0 Å². The van der Waals surface area contributed by atoms with Gasteiger partial charge in [0.05, 0.1) is 12.2 Å². The molecular formula is C22H21Cl2IO3. The Morgan fingerprint density at radius 1 is 0.964 bits per heavy atom. The van der Waals surface area contributed by atoms with Crippen LogP contribution in [0.5, 0.6) is 11.5 Å². The molecule has 2 aromatic rings. The summed E-state index contributed by atoms with van der Waals surface area (Å²) in [5, 5.41) is 1.01. The third kappa shape index (κ3) is 5.88. The average molecular weight is 531 g/mol. The van der Waals surface area contributed by atoms with E-state index in [0.29, 0.717) is 39.3 Å². The standard InChI is InChI=1S/C22H21Cl2IO3/c23-16-10-15(11-17(24)13-16)12-21-22(26)19-7-6-18(14-20(19)28-21)27-9-5-3-1-2-4-8-25/h6-7,10-14H,1-5,8-9H2/b21-12-. The van der Waals surface area contributed by atoms with E-state index in [9.17, 15) is 4.79 Å². The SMILES string of the molecule is O=C1/C(=C/c2cc(Cl)cc(Cl)c2)Oc2cc(OCCCCCCCI)ccc21. The Balaban J connectivity index is 1.60. The number of benzene rings is 2. The van der Waals surface area contributed by atoms with Gasteiger partial charge in [-0.3, -0.25) is 4.79 Å². The minimum Gasteiger partial charge on any atom is -0.493 e. The zero-order valence-corrected chi connectivity index (χ0v) is 19.0. The molecule has 0 spiro atoms. The van der Waals surface area contributed by atoms with Crippen LogP contribution in [0.2, 0.25) is 10.0 Å². The van der Waals surface area contributed by atoms with Gasteiger partial charge in [0.25, 0.3) is 0 Å².